The van der Waals surface area contributed by atoms with Crippen LogP contribution in [0.3, 0.4) is 0 Å². The van der Waals surface area contributed by atoms with Crippen molar-refractivity contribution in [2.75, 3.05) is 18.1 Å². The van der Waals surface area contributed by atoms with Gasteiger partial charge in [-0.25, -0.2) is 8.42 Å². The number of amides is 1. The summed E-state index contributed by atoms with van der Waals surface area (Å²) in [5, 5.41) is 0. The zero-order valence-corrected chi connectivity index (χ0v) is 14.4. The Morgan fingerprint density at radius 1 is 1.17 bits per heavy atom. The van der Waals surface area contributed by atoms with E-state index in [9.17, 15) is 13.2 Å². The van der Waals surface area contributed by atoms with Crippen LogP contribution >= 0.6 is 0 Å². The molecule has 1 aromatic rings. The van der Waals surface area contributed by atoms with Gasteiger partial charge in [-0.3, -0.25) is 4.79 Å². The van der Waals surface area contributed by atoms with E-state index >= 15 is 0 Å². The number of aryl methyl sites for hydroxylation is 2. The number of nitrogens with zero attached hydrogens (tertiary/aromatic N) is 1. The zero-order chi connectivity index (χ0) is 16.6. The third-order valence-electron chi connectivity index (χ3n) is 4.67. The van der Waals surface area contributed by atoms with Crippen molar-refractivity contribution < 1.29 is 17.9 Å². The van der Waals surface area contributed by atoms with Gasteiger partial charge in [0.2, 0.25) is 0 Å². The first kappa shape index (κ1) is 16.3. The molecule has 2 fully saturated rings. The number of hydrogen-bond acceptors (Lipinski definition) is 4. The van der Waals surface area contributed by atoms with E-state index in [1.165, 1.54) is 5.56 Å². The van der Waals surface area contributed by atoms with Gasteiger partial charge < -0.3 is 9.64 Å². The van der Waals surface area contributed by atoms with Crippen LogP contribution in [0.2, 0.25) is 0 Å². The highest BCUT2D eigenvalue weighted by Crippen LogP contribution is 2.32. The van der Waals surface area contributed by atoms with E-state index in [0.717, 1.165) is 18.4 Å². The summed E-state index contributed by atoms with van der Waals surface area (Å²) in [6.07, 6.45) is 2.48. The first-order valence-corrected chi connectivity index (χ1v) is 9.89. The van der Waals surface area contributed by atoms with Crippen molar-refractivity contribution in [3.8, 4) is 5.75 Å². The van der Waals surface area contributed by atoms with Gasteiger partial charge in [0.05, 0.1) is 11.5 Å². The van der Waals surface area contributed by atoms with E-state index in [1.807, 2.05) is 32.0 Å². The molecule has 5 nitrogen and oxygen atoms in total. The van der Waals surface area contributed by atoms with Gasteiger partial charge in [-0.1, -0.05) is 6.07 Å². The minimum Gasteiger partial charge on any atom is -0.484 e. The van der Waals surface area contributed by atoms with Crippen LogP contribution in [0.15, 0.2) is 18.2 Å². The van der Waals surface area contributed by atoms with Crippen molar-refractivity contribution in [3.05, 3.63) is 29.3 Å². The topological polar surface area (TPSA) is 63.7 Å². The van der Waals surface area contributed by atoms with E-state index in [2.05, 4.69) is 0 Å². The number of ether oxygens (including phenoxy) is 1. The summed E-state index contributed by atoms with van der Waals surface area (Å²) in [4.78, 5) is 14.3. The highest BCUT2D eigenvalue weighted by molar-refractivity contribution is 7.91. The SMILES string of the molecule is Cc1ccc(OCC(=O)N(C2CC2)C2CCS(=O)(=O)C2)cc1C. The lowest BCUT2D eigenvalue weighted by molar-refractivity contribution is -0.135. The van der Waals surface area contributed by atoms with Gasteiger partial charge in [-0.05, 0) is 56.4 Å². The second-order valence-corrected chi connectivity index (χ2v) is 8.85. The molecule has 1 aromatic carbocycles. The number of carbonyl (C=O) groups is 1. The molecule has 23 heavy (non-hydrogen) atoms. The Balaban J connectivity index is 1.64. The van der Waals surface area contributed by atoms with E-state index < -0.39 is 9.84 Å². The lowest BCUT2D eigenvalue weighted by Gasteiger charge is -2.28. The Morgan fingerprint density at radius 2 is 1.91 bits per heavy atom. The maximum Gasteiger partial charge on any atom is 0.261 e. The highest BCUT2D eigenvalue weighted by atomic mass is 32.2. The van der Waals surface area contributed by atoms with Crippen molar-refractivity contribution in [2.24, 2.45) is 0 Å². The third kappa shape index (κ3) is 3.86. The van der Waals surface area contributed by atoms with Gasteiger partial charge in [0.25, 0.3) is 5.91 Å². The molecular weight excluding hydrogens is 314 g/mol. The molecule has 1 aliphatic heterocycles. The quantitative estimate of drug-likeness (QED) is 0.823. The van der Waals surface area contributed by atoms with Gasteiger partial charge in [-0.2, -0.15) is 0 Å². The Kier molecular flexibility index (Phi) is 4.36. The summed E-state index contributed by atoms with van der Waals surface area (Å²) in [6.45, 7) is 4.00. The molecule has 0 N–H and O–H groups in total. The maximum absolute atomic E-state index is 12.6. The van der Waals surface area contributed by atoms with Crippen LogP contribution < -0.4 is 4.74 Å². The molecule has 0 bridgehead atoms. The zero-order valence-electron chi connectivity index (χ0n) is 13.6. The lowest BCUT2D eigenvalue weighted by Crippen LogP contribution is -2.45. The normalized spacial score (nSPS) is 22.8. The van der Waals surface area contributed by atoms with Crippen LogP contribution in [0.25, 0.3) is 0 Å². The predicted octanol–water partition coefficient (Wildman–Crippen LogP) is 1.86. The molecule has 1 atom stereocenters. The summed E-state index contributed by atoms with van der Waals surface area (Å²) in [6, 6.07) is 5.77. The van der Waals surface area contributed by atoms with Gasteiger partial charge in [-0.15, -0.1) is 0 Å². The lowest BCUT2D eigenvalue weighted by atomic mass is 10.1. The second-order valence-electron chi connectivity index (χ2n) is 6.62. The molecule has 1 saturated carbocycles. The smallest absolute Gasteiger partial charge is 0.261 e. The molecule has 1 saturated heterocycles. The van der Waals surface area contributed by atoms with Crippen LogP contribution in [0.1, 0.15) is 30.4 Å². The van der Waals surface area contributed by atoms with Crippen LogP contribution in [-0.2, 0) is 14.6 Å². The van der Waals surface area contributed by atoms with Crippen molar-refractivity contribution >= 4 is 15.7 Å². The average molecular weight is 337 g/mol. The number of benzene rings is 1. The molecule has 6 heteroatoms. The number of rotatable bonds is 5. The highest BCUT2D eigenvalue weighted by Gasteiger charge is 2.42. The van der Waals surface area contributed by atoms with Crippen molar-refractivity contribution in [3.63, 3.8) is 0 Å². The van der Waals surface area contributed by atoms with Crippen molar-refractivity contribution in [1.82, 2.24) is 4.90 Å². The molecule has 3 rings (SSSR count). The molecule has 1 amide bonds. The average Bonchev–Trinajstić information content (AvgIpc) is 3.24. The van der Waals surface area contributed by atoms with Crippen LogP contribution in [0, 0.1) is 13.8 Å². The molecular formula is C17H23NO4S. The fourth-order valence-electron chi connectivity index (χ4n) is 3.08. The van der Waals surface area contributed by atoms with Gasteiger partial charge in [0, 0.05) is 12.1 Å². The standard InChI is InChI=1S/C17H23NO4S/c1-12-3-6-16(9-13(12)2)22-10-17(19)18(14-4-5-14)15-7-8-23(20,21)11-15/h3,6,9,14-15H,4-5,7-8,10-11H2,1-2H3. The molecule has 1 heterocycles. The third-order valence-corrected chi connectivity index (χ3v) is 6.42. The molecule has 1 unspecified atom stereocenters. The van der Waals surface area contributed by atoms with Gasteiger partial charge in [0.15, 0.2) is 16.4 Å². The summed E-state index contributed by atoms with van der Waals surface area (Å²) < 4.78 is 29.0. The minimum absolute atomic E-state index is 0.0322. The molecule has 2 aliphatic rings. The predicted molar refractivity (Wildman–Crippen MR) is 88.3 cm³/mol. The molecule has 0 spiro atoms. The minimum atomic E-state index is -2.99. The van der Waals surface area contributed by atoms with Crippen molar-refractivity contribution in [1.29, 1.82) is 0 Å². The summed E-state index contributed by atoms with van der Waals surface area (Å²) >= 11 is 0. The van der Waals surface area contributed by atoms with Crippen LogP contribution in [0.5, 0.6) is 5.75 Å². The Bertz CT molecular complexity index is 709. The van der Waals surface area contributed by atoms with E-state index in [0.29, 0.717) is 12.2 Å². The van der Waals surface area contributed by atoms with E-state index in [1.54, 1.807) is 4.90 Å². The Hall–Kier alpha value is -1.56. The first-order chi connectivity index (χ1) is 10.9. The first-order valence-electron chi connectivity index (χ1n) is 8.07. The number of hydrogen-bond donors (Lipinski definition) is 0. The fraction of sp³-hybridized carbons (Fsp3) is 0.588. The maximum atomic E-state index is 12.6. The van der Waals surface area contributed by atoms with E-state index in [4.69, 9.17) is 4.74 Å². The molecule has 0 aromatic heterocycles. The van der Waals surface area contributed by atoms with Crippen molar-refractivity contribution in [2.45, 2.75) is 45.2 Å². The Morgan fingerprint density at radius 3 is 2.48 bits per heavy atom. The summed E-state index contributed by atoms with van der Waals surface area (Å²) in [7, 11) is -2.99. The number of carbonyl (C=O) groups excluding carboxylic acids is 1. The molecule has 1 aliphatic carbocycles. The largest absolute Gasteiger partial charge is 0.484 e. The molecule has 126 valence electrons. The summed E-state index contributed by atoms with van der Waals surface area (Å²) in [5.74, 6) is 0.856. The van der Waals surface area contributed by atoms with Crippen LogP contribution in [0.4, 0.5) is 0 Å². The second kappa shape index (κ2) is 6.15. The van der Waals surface area contributed by atoms with Gasteiger partial charge in [0.1, 0.15) is 5.75 Å². The number of sulfone groups is 1. The molecule has 0 radical (unpaired) electrons. The van der Waals surface area contributed by atoms with E-state index in [-0.39, 0.29) is 36.1 Å². The van der Waals surface area contributed by atoms with Gasteiger partial charge >= 0.3 is 0 Å². The Labute approximate surface area is 137 Å². The van der Waals surface area contributed by atoms with Crippen LogP contribution in [-0.4, -0.2) is 49.4 Å². The summed E-state index contributed by atoms with van der Waals surface area (Å²) in [5.41, 5.74) is 2.30. The monoisotopic (exact) mass is 337 g/mol. The fourth-order valence-corrected chi connectivity index (χ4v) is 4.79.